The van der Waals surface area contributed by atoms with E-state index >= 15 is 0 Å². The van der Waals surface area contributed by atoms with Gasteiger partial charge in [-0.05, 0) is 148 Å². The Kier molecular flexibility index (Phi) is 47.3. The maximum Gasteiger partial charge on any atom is 0.320 e. The van der Waals surface area contributed by atoms with Gasteiger partial charge in [-0.3, -0.25) is 77.7 Å². The minimum absolute atomic E-state index is 0. The van der Waals surface area contributed by atoms with E-state index < -0.39 is 82.9 Å². The van der Waals surface area contributed by atoms with Gasteiger partial charge in [-0.25, -0.2) is 0 Å². The molecule has 2 aliphatic heterocycles. The number of aliphatic carboxylic acids is 6. The van der Waals surface area contributed by atoms with E-state index in [2.05, 4.69) is 31.2 Å². The molecule has 3 aromatic heterocycles. The minimum atomic E-state index is -1.23. The van der Waals surface area contributed by atoms with Crippen molar-refractivity contribution in [1.82, 2.24) is 54.3 Å². The first-order valence-electron chi connectivity index (χ1n) is 39.8. The van der Waals surface area contributed by atoms with Gasteiger partial charge in [-0.1, -0.05) is 0 Å². The van der Waals surface area contributed by atoms with E-state index in [4.69, 9.17) is 29.2 Å². The smallest absolute Gasteiger partial charge is 0.320 e. The van der Waals surface area contributed by atoms with Crippen LogP contribution in [0.3, 0.4) is 0 Å². The summed E-state index contributed by atoms with van der Waals surface area (Å²) in [4.78, 5) is 210. The van der Waals surface area contributed by atoms with Crippen LogP contribution in [0.2, 0.25) is 0 Å². The monoisotopic (exact) mass is 1960 g/mol. The molecule has 6 rings (SSSR count). The Bertz CT molecular complexity index is 3790. The number of carboxylic acid groups (broad SMARTS) is 6. The van der Waals surface area contributed by atoms with E-state index in [0.29, 0.717) is 48.5 Å². The summed E-state index contributed by atoms with van der Waals surface area (Å²) in [6.45, 7) is 11.1. The van der Waals surface area contributed by atoms with Gasteiger partial charge in [0, 0.05) is 223 Å². The number of aromatic nitrogens is 5. The first kappa shape index (κ1) is 104. The van der Waals surface area contributed by atoms with Gasteiger partial charge < -0.3 is 94.9 Å². The van der Waals surface area contributed by atoms with Crippen LogP contribution in [0.15, 0.2) is 33.9 Å². The number of nitrogens with one attached hydrogen (secondary N) is 4. The maximum atomic E-state index is 13.2. The number of Topliss-reactive ketones (excluding diaryl/α,β-unsaturated/α-hetero) is 6. The van der Waals surface area contributed by atoms with E-state index in [1.807, 2.05) is 0 Å². The van der Waals surface area contributed by atoms with Gasteiger partial charge in [0.15, 0.2) is 5.75 Å². The predicted octanol–water partition coefficient (Wildman–Crippen LogP) is 3.08. The van der Waals surface area contributed by atoms with Gasteiger partial charge in [-0.2, -0.15) is 15.0 Å². The Morgan fingerprint density at radius 2 is 0.613 bits per heavy atom. The number of aryl methyl sites for hydroxylation is 2. The number of ketones is 6. The van der Waals surface area contributed by atoms with E-state index in [9.17, 15) is 97.8 Å². The molecular weight excluding hydrogens is 1840 g/mol. The Morgan fingerprint density at radius 1 is 0.361 bits per heavy atom. The maximum absolute atomic E-state index is 13.2. The number of anilines is 4. The van der Waals surface area contributed by atoms with Crippen molar-refractivity contribution in [2.45, 2.75) is 214 Å². The average molecular weight is 1960 g/mol. The van der Waals surface area contributed by atoms with Crippen LogP contribution in [0.25, 0.3) is 0 Å². The molecule has 4 bridgehead atoms. The summed E-state index contributed by atoms with van der Waals surface area (Å²) in [7, 11) is 0. The molecule has 119 heavy (non-hydrogen) atoms. The van der Waals surface area contributed by atoms with Gasteiger partial charge in [0.25, 0.3) is 10.9 Å². The third-order valence-electron chi connectivity index (χ3n) is 20.2. The molecule has 4 aromatic rings. The van der Waals surface area contributed by atoms with Crippen LogP contribution in [-0.2, 0) is 106 Å². The number of ether oxygens (including phenoxy) is 3. The molecule has 0 spiro atoms. The van der Waals surface area contributed by atoms with Crippen molar-refractivity contribution >= 4 is 94.0 Å². The number of carboxylic acids is 6. The van der Waals surface area contributed by atoms with E-state index in [-0.39, 0.29) is 359 Å². The molecule has 0 saturated carbocycles. The second-order valence-corrected chi connectivity index (χ2v) is 29.7. The fraction of sp³-hybridized carbons (Fsp3) is 0.633. The fourth-order valence-corrected chi connectivity index (χ4v) is 14.2. The van der Waals surface area contributed by atoms with Crippen molar-refractivity contribution in [3.8, 4) is 5.75 Å². The number of hydrogen-bond acceptors (Lipinski definition) is 32. The van der Waals surface area contributed by atoms with Crippen LogP contribution in [0.1, 0.15) is 172 Å². The average Bonchev–Trinajstić information content (AvgIpc) is 0.783. The van der Waals surface area contributed by atoms with Gasteiger partial charge in [0.2, 0.25) is 17.8 Å². The van der Waals surface area contributed by atoms with Crippen LogP contribution < -0.4 is 36.9 Å². The van der Waals surface area contributed by atoms with E-state index in [1.54, 1.807) is 60.6 Å². The van der Waals surface area contributed by atoms with E-state index in [0.717, 1.165) is 11.1 Å². The number of pyridine rings is 2. The third-order valence-corrected chi connectivity index (χ3v) is 20.2. The molecule has 0 aliphatic carbocycles. The van der Waals surface area contributed by atoms with Crippen LogP contribution in [-0.4, -0.2) is 303 Å². The summed E-state index contributed by atoms with van der Waals surface area (Å²) >= 11 is 0. The number of rotatable bonds is 53. The standard InChI is InChI=1S/C79H115N15O23.2Gd/c1-8-117-70-67(68(101)69(70)102)80-27-37-115-39-40-116-38-28-83-79-87-77(81-25-9-11-55-41-57-45-91(63(73(107)108)21-15-51(4)97)33-29-89(61(71(103)104)19-13-49(2)95)30-34-92(46-58(42-55)84-57)64(74(109)110)22-16-52(5)98)86-78(88-79)82-26-10-12-56-43-59-47-93(65(75(111)112)23-17-53(6)99)35-31-90(62(72(105)106)20-14-50(3)96)32-36-94(48-60(44-56)85-59)66(76(113)114)24-18-54(7)100;;/h41-44,61-66,80H,8-40,45-48H2,1-7H3,(H,103,104)(H,105,106)(H,107,108)(H,109,110)(H,111,112)(H,113,114)(H3,81,82,83,86,87,88);;. The molecule has 6 atom stereocenters. The number of nitrogens with zero attached hydrogens (tertiary/aromatic N) is 11. The summed E-state index contributed by atoms with van der Waals surface area (Å²) in [6, 6.07) is -0.103. The summed E-state index contributed by atoms with van der Waals surface area (Å²) in [5.74, 6) is -8.36. The van der Waals surface area contributed by atoms with Crippen LogP contribution in [0, 0.1) is 79.9 Å². The molecule has 0 saturated heterocycles. The predicted molar refractivity (Wildman–Crippen MR) is 426 cm³/mol. The number of carbonyl (C=O) groups excluding carboxylic acids is 6. The van der Waals surface area contributed by atoms with Gasteiger partial charge in [0.1, 0.15) is 76.6 Å². The molecule has 5 heterocycles. The molecule has 660 valence electrons. The Labute approximate surface area is 755 Å². The van der Waals surface area contributed by atoms with E-state index in [1.165, 1.54) is 41.5 Å². The molecule has 6 unspecified atom stereocenters. The molecule has 40 heteroatoms. The molecule has 1 aromatic carbocycles. The molecule has 10 N–H and O–H groups in total. The van der Waals surface area contributed by atoms with Crippen molar-refractivity contribution in [3.05, 3.63) is 78.6 Å². The first-order chi connectivity index (χ1) is 55.7. The molecule has 38 nitrogen and oxygen atoms in total. The summed E-state index contributed by atoms with van der Waals surface area (Å²) in [5.41, 5.74) is 1.84. The minimum Gasteiger partial charge on any atom is -0.488 e. The SMILES string of the molecule is CCOc1c(NCCOCCOCCNc2nc(NCCCc3cc4nc(c3)CN(C(CCC(C)=O)C(=O)O)CCN(C(CCC(C)=O)C(=O)O)CCN(C(CCC(C)=O)C(=O)O)C4)nc(NCCCc3cc4nc(c3)CN(C(CCC(C)=O)C(=O)O)CCN(C(CCC(C)=O)C(=O)O)CCN(C(CCC(C)=O)C(=O)O)C4)n2)c(=O)c1=O.[Gd].[Gd]. The molecule has 0 amide bonds. The van der Waals surface area contributed by atoms with Gasteiger partial charge >= 0.3 is 35.8 Å². The summed E-state index contributed by atoms with van der Waals surface area (Å²) < 4.78 is 16.7. The summed E-state index contributed by atoms with van der Waals surface area (Å²) in [6.07, 6.45) is 0.728. The number of fused-ring (bicyclic) bond motifs is 4. The van der Waals surface area contributed by atoms with Gasteiger partial charge in [-0.15, -0.1) is 0 Å². The third kappa shape index (κ3) is 36.6. The van der Waals surface area contributed by atoms with Crippen molar-refractivity contribution in [3.63, 3.8) is 0 Å². The van der Waals surface area contributed by atoms with Crippen LogP contribution in [0.5, 0.6) is 5.75 Å². The first-order valence-corrected chi connectivity index (χ1v) is 39.8. The molecular formula is C79H115Gd2N15O23. The Hall–Kier alpha value is -7.44. The number of carbonyl (C=O) groups is 12. The molecule has 0 radical (unpaired) electrons. The van der Waals surface area contributed by atoms with Crippen molar-refractivity contribution in [1.29, 1.82) is 0 Å². The Morgan fingerprint density at radius 3 is 0.874 bits per heavy atom. The van der Waals surface area contributed by atoms with Crippen molar-refractivity contribution < 1.29 is 182 Å². The van der Waals surface area contributed by atoms with Gasteiger partial charge in [0.05, 0.1) is 55.8 Å². The van der Waals surface area contributed by atoms with Crippen molar-refractivity contribution in [2.24, 2.45) is 0 Å². The second-order valence-electron chi connectivity index (χ2n) is 29.7. The quantitative estimate of drug-likeness (QED) is 0.0224. The molecule has 0 fully saturated rings. The van der Waals surface area contributed by atoms with Crippen molar-refractivity contribution in [2.75, 3.05) is 133 Å². The zero-order valence-corrected chi connectivity index (χ0v) is 73.2. The Balaban J connectivity index is 0.0000149. The van der Waals surface area contributed by atoms with Crippen LogP contribution >= 0.6 is 0 Å². The topological polar surface area (TPSA) is 520 Å². The number of hydrogen-bond donors (Lipinski definition) is 10. The zero-order chi connectivity index (χ0) is 85.8. The van der Waals surface area contributed by atoms with Crippen LogP contribution in [0.4, 0.5) is 23.5 Å². The fourth-order valence-electron chi connectivity index (χ4n) is 14.2. The second kappa shape index (κ2) is 54.1. The zero-order valence-electron chi connectivity index (χ0n) is 68.7. The largest absolute Gasteiger partial charge is 0.488 e. The summed E-state index contributed by atoms with van der Waals surface area (Å²) in [5, 5.41) is 76.7. The normalized spacial score (nSPS) is 15.8. The molecule has 2 aliphatic rings.